The molecule has 2 heterocycles. The number of cyclic esters (lactones) is 1. The van der Waals surface area contributed by atoms with Crippen molar-refractivity contribution < 1.29 is 9.53 Å². The highest BCUT2D eigenvalue weighted by molar-refractivity contribution is 5.94. The second-order valence-corrected chi connectivity index (χ2v) is 3.79. The van der Waals surface area contributed by atoms with Crippen LogP contribution in [0.15, 0.2) is 17.1 Å². The summed E-state index contributed by atoms with van der Waals surface area (Å²) in [5.74, 6) is 4.80. The number of nitrogens with zero attached hydrogens (tertiary/aromatic N) is 1. The van der Waals surface area contributed by atoms with Crippen molar-refractivity contribution in [1.29, 1.82) is 0 Å². The third-order valence-corrected chi connectivity index (χ3v) is 2.89. The monoisotopic (exact) mass is 208 g/mol. The Labute approximate surface area is 86.4 Å². The first kappa shape index (κ1) is 9.76. The number of rotatable bonds is 1. The number of hydrogen-bond donors (Lipinski definition) is 1. The Hall–Kier alpha value is -1.78. The maximum Gasteiger partial charge on any atom is 0.345 e. The lowest BCUT2D eigenvalue weighted by Gasteiger charge is -2.21. The van der Waals surface area contributed by atoms with Crippen LogP contribution in [0.2, 0.25) is 0 Å². The first-order valence-electron chi connectivity index (χ1n) is 4.74. The lowest BCUT2D eigenvalue weighted by atomic mass is 9.93. The normalized spacial score (nSPS) is 23.7. The summed E-state index contributed by atoms with van der Waals surface area (Å²) in [6, 6.07) is 1.66. The van der Waals surface area contributed by atoms with Crippen molar-refractivity contribution in [3.63, 3.8) is 0 Å². The SMILES string of the molecule is CCC1(C)OC(=O)c2c1ccn(N)c2=O. The van der Waals surface area contributed by atoms with E-state index in [9.17, 15) is 9.59 Å². The molecule has 0 saturated carbocycles. The molecule has 1 aliphatic heterocycles. The number of pyridine rings is 1. The van der Waals surface area contributed by atoms with Gasteiger partial charge in [0.15, 0.2) is 0 Å². The molecule has 0 saturated heterocycles. The second kappa shape index (κ2) is 2.85. The van der Waals surface area contributed by atoms with Gasteiger partial charge in [-0.25, -0.2) is 9.47 Å². The third-order valence-electron chi connectivity index (χ3n) is 2.89. The maximum absolute atomic E-state index is 11.6. The Bertz CT molecular complexity index is 492. The lowest BCUT2D eigenvalue weighted by Crippen LogP contribution is -2.31. The predicted molar refractivity (Wildman–Crippen MR) is 53.9 cm³/mol. The number of esters is 1. The number of carbonyl (C=O) groups excluding carboxylic acids is 1. The molecule has 0 amide bonds. The van der Waals surface area contributed by atoms with E-state index >= 15 is 0 Å². The minimum absolute atomic E-state index is 0.0596. The molecule has 1 aromatic heterocycles. The number of ether oxygens (including phenoxy) is 1. The molecule has 1 aliphatic rings. The topological polar surface area (TPSA) is 74.3 Å². The first-order chi connectivity index (χ1) is 6.99. The van der Waals surface area contributed by atoms with Gasteiger partial charge >= 0.3 is 5.97 Å². The first-order valence-corrected chi connectivity index (χ1v) is 4.74. The molecule has 2 rings (SSSR count). The van der Waals surface area contributed by atoms with Crippen LogP contribution in [-0.4, -0.2) is 10.6 Å². The number of nitrogen functional groups attached to an aromatic ring is 1. The largest absolute Gasteiger partial charge is 0.451 e. The summed E-state index contributed by atoms with van der Waals surface area (Å²) in [5.41, 5.74) is -0.513. The molecule has 0 aliphatic carbocycles. The second-order valence-electron chi connectivity index (χ2n) is 3.79. The van der Waals surface area contributed by atoms with Crippen molar-refractivity contribution in [2.24, 2.45) is 0 Å². The Morgan fingerprint density at radius 3 is 2.80 bits per heavy atom. The van der Waals surface area contributed by atoms with Gasteiger partial charge in [-0.3, -0.25) is 4.79 Å². The molecule has 0 bridgehead atoms. The van der Waals surface area contributed by atoms with E-state index in [1.54, 1.807) is 13.0 Å². The van der Waals surface area contributed by atoms with Gasteiger partial charge in [0.2, 0.25) is 0 Å². The Morgan fingerprint density at radius 1 is 1.53 bits per heavy atom. The van der Waals surface area contributed by atoms with E-state index < -0.39 is 17.1 Å². The van der Waals surface area contributed by atoms with Crippen LogP contribution in [0.4, 0.5) is 0 Å². The highest BCUT2D eigenvalue weighted by atomic mass is 16.6. The summed E-state index contributed by atoms with van der Waals surface area (Å²) in [6.45, 7) is 3.69. The van der Waals surface area contributed by atoms with Crippen LogP contribution in [0.1, 0.15) is 36.2 Å². The van der Waals surface area contributed by atoms with Gasteiger partial charge in [0.25, 0.3) is 5.56 Å². The fourth-order valence-electron chi connectivity index (χ4n) is 1.76. The average molecular weight is 208 g/mol. The van der Waals surface area contributed by atoms with Gasteiger partial charge in [-0.2, -0.15) is 0 Å². The van der Waals surface area contributed by atoms with E-state index in [2.05, 4.69) is 0 Å². The molecular weight excluding hydrogens is 196 g/mol. The smallest absolute Gasteiger partial charge is 0.345 e. The highest BCUT2D eigenvalue weighted by Gasteiger charge is 2.42. The Balaban J connectivity index is 2.76. The van der Waals surface area contributed by atoms with Gasteiger partial charge in [-0.05, 0) is 19.4 Å². The molecule has 5 heteroatoms. The highest BCUT2D eigenvalue weighted by Crippen LogP contribution is 2.36. The van der Waals surface area contributed by atoms with Gasteiger partial charge in [0, 0.05) is 11.8 Å². The number of fused-ring (bicyclic) bond motifs is 1. The fraction of sp³-hybridized carbons (Fsp3) is 0.400. The van der Waals surface area contributed by atoms with Crippen molar-refractivity contribution in [3.8, 4) is 0 Å². The number of aromatic nitrogens is 1. The third kappa shape index (κ3) is 1.16. The number of hydrogen-bond acceptors (Lipinski definition) is 4. The van der Waals surface area contributed by atoms with Gasteiger partial charge in [-0.15, -0.1) is 0 Å². The standard InChI is InChI=1S/C10H12N2O3/c1-3-10(2)6-4-5-12(11)8(13)7(6)9(14)15-10/h4-5H,3,11H2,1-2H3. The lowest BCUT2D eigenvalue weighted by molar-refractivity contribution is -0.000806. The zero-order valence-electron chi connectivity index (χ0n) is 8.61. The quantitative estimate of drug-likeness (QED) is 0.534. The molecule has 1 aromatic rings. The average Bonchev–Trinajstić information content (AvgIpc) is 2.46. The summed E-state index contributed by atoms with van der Waals surface area (Å²) < 4.78 is 6.09. The van der Waals surface area contributed by atoms with Crippen molar-refractivity contribution in [2.75, 3.05) is 5.84 Å². The summed E-state index contributed by atoms with van der Waals surface area (Å²) in [5, 5.41) is 0. The van der Waals surface area contributed by atoms with Crippen LogP contribution in [-0.2, 0) is 10.3 Å². The molecule has 0 spiro atoms. The van der Waals surface area contributed by atoms with E-state index in [0.29, 0.717) is 12.0 Å². The van der Waals surface area contributed by atoms with Crippen molar-refractivity contribution in [3.05, 3.63) is 33.7 Å². The van der Waals surface area contributed by atoms with Crippen LogP contribution < -0.4 is 11.4 Å². The van der Waals surface area contributed by atoms with Gasteiger partial charge < -0.3 is 10.6 Å². The minimum atomic E-state index is -0.695. The van der Waals surface area contributed by atoms with Crippen LogP contribution in [0.5, 0.6) is 0 Å². The molecule has 15 heavy (non-hydrogen) atoms. The van der Waals surface area contributed by atoms with E-state index in [1.807, 2.05) is 6.92 Å². The molecule has 0 aromatic carbocycles. The van der Waals surface area contributed by atoms with Gasteiger partial charge in [-0.1, -0.05) is 6.92 Å². The summed E-state index contributed by atoms with van der Waals surface area (Å²) in [4.78, 5) is 23.1. The molecule has 5 nitrogen and oxygen atoms in total. The molecule has 80 valence electrons. The van der Waals surface area contributed by atoms with Gasteiger partial charge in [0.05, 0.1) is 0 Å². The van der Waals surface area contributed by atoms with E-state index in [1.165, 1.54) is 6.20 Å². The van der Waals surface area contributed by atoms with Crippen molar-refractivity contribution >= 4 is 5.97 Å². The van der Waals surface area contributed by atoms with Crippen LogP contribution in [0.25, 0.3) is 0 Å². The molecule has 2 N–H and O–H groups in total. The molecule has 0 fully saturated rings. The summed E-state index contributed by atoms with van der Waals surface area (Å²) in [6.07, 6.45) is 2.07. The zero-order valence-corrected chi connectivity index (χ0v) is 8.61. The summed E-state index contributed by atoms with van der Waals surface area (Å²) in [7, 11) is 0. The van der Waals surface area contributed by atoms with Crippen LogP contribution in [0.3, 0.4) is 0 Å². The minimum Gasteiger partial charge on any atom is -0.451 e. The number of nitrogens with two attached hydrogens (primary N) is 1. The number of carbonyl (C=O) groups is 1. The van der Waals surface area contributed by atoms with Crippen molar-refractivity contribution in [1.82, 2.24) is 4.68 Å². The maximum atomic E-state index is 11.6. The molecule has 1 unspecified atom stereocenters. The van der Waals surface area contributed by atoms with E-state index in [4.69, 9.17) is 10.6 Å². The molecule has 1 atom stereocenters. The van der Waals surface area contributed by atoms with E-state index in [-0.39, 0.29) is 5.56 Å². The summed E-state index contributed by atoms with van der Waals surface area (Å²) >= 11 is 0. The Morgan fingerprint density at radius 2 is 2.20 bits per heavy atom. The fourth-order valence-corrected chi connectivity index (χ4v) is 1.76. The predicted octanol–water partition coefficient (Wildman–Crippen LogP) is 0.358. The molecule has 0 radical (unpaired) electrons. The molecular formula is C10H12N2O3. The van der Waals surface area contributed by atoms with Gasteiger partial charge in [0.1, 0.15) is 11.2 Å². The Kier molecular flexibility index (Phi) is 1.86. The van der Waals surface area contributed by atoms with Crippen LogP contribution in [0, 0.1) is 0 Å². The van der Waals surface area contributed by atoms with E-state index in [0.717, 1.165) is 4.68 Å². The van der Waals surface area contributed by atoms with Crippen molar-refractivity contribution in [2.45, 2.75) is 25.9 Å². The van der Waals surface area contributed by atoms with Crippen LogP contribution >= 0.6 is 0 Å². The zero-order chi connectivity index (χ0) is 11.2.